The molecule has 0 saturated carbocycles. The molecule has 0 spiro atoms. The SMILES string of the molecule is COc1cccc(C(=O)N2CCC(C(=O)N[C@@H]3C[C@H]4CO[C@H](C)CN4C3)CC2)c1. The zero-order chi connectivity index (χ0) is 20.4. The standard InChI is InChI=1S/C22H31N3O4/c1-15-12-25-13-18(11-19(25)14-29-15)23-21(26)16-6-8-24(9-7-16)22(27)17-4-3-5-20(10-17)28-2/h3-5,10,15-16,18-19H,6-9,11-14H2,1-2H3,(H,23,26)/t15-,18-,19+/m1/s1. The first-order valence-electron chi connectivity index (χ1n) is 10.6. The minimum Gasteiger partial charge on any atom is -0.497 e. The molecule has 1 aromatic carbocycles. The van der Waals surface area contributed by atoms with E-state index in [-0.39, 0.29) is 29.9 Å². The van der Waals surface area contributed by atoms with E-state index < -0.39 is 0 Å². The minimum atomic E-state index is -0.0165. The number of methoxy groups -OCH3 is 1. The molecule has 7 nitrogen and oxygen atoms in total. The van der Waals surface area contributed by atoms with Crippen LogP contribution in [0.3, 0.4) is 0 Å². The quantitative estimate of drug-likeness (QED) is 0.829. The fourth-order valence-corrected chi connectivity index (χ4v) is 4.75. The second-order valence-corrected chi connectivity index (χ2v) is 8.49. The van der Waals surface area contributed by atoms with Gasteiger partial charge in [-0.2, -0.15) is 0 Å². The maximum Gasteiger partial charge on any atom is 0.253 e. The van der Waals surface area contributed by atoms with Crippen molar-refractivity contribution in [2.75, 3.05) is 39.9 Å². The molecule has 29 heavy (non-hydrogen) atoms. The van der Waals surface area contributed by atoms with Crippen LogP contribution in [0.5, 0.6) is 5.75 Å². The first-order chi connectivity index (χ1) is 14.0. The Hall–Kier alpha value is -2.12. The monoisotopic (exact) mass is 401 g/mol. The Balaban J connectivity index is 1.26. The van der Waals surface area contributed by atoms with Gasteiger partial charge < -0.3 is 19.7 Å². The van der Waals surface area contributed by atoms with Crippen LogP contribution < -0.4 is 10.1 Å². The molecule has 3 aliphatic rings. The summed E-state index contributed by atoms with van der Waals surface area (Å²) in [4.78, 5) is 29.8. The number of nitrogens with zero attached hydrogens (tertiary/aromatic N) is 2. The molecule has 0 aliphatic carbocycles. The molecule has 3 atom stereocenters. The Kier molecular flexibility index (Phi) is 6.06. The van der Waals surface area contributed by atoms with E-state index in [9.17, 15) is 9.59 Å². The highest BCUT2D eigenvalue weighted by atomic mass is 16.5. The molecule has 4 rings (SSSR count). The third-order valence-electron chi connectivity index (χ3n) is 6.41. The van der Waals surface area contributed by atoms with E-state index in [1.807, 2.05) is 23.1 Å². The third kappa shape index (κ3) is 4.56. The summed E-state index contributed by atoms with van der Waals surface area (Å²) in [5, 5.41) is 3.25. The van der Waals surface area contributed by atoms with Crippen LogP contribution in [0, 0.1) is 5.92 Å². The van der Waals surface area contributed by atoms with Gasteiger partial charge in [0.05, 0.1) is 19.8 Å². The van der Waals surface area contributed by atoms with Crippen molar-refractivity contribution in [1.29, 1.82) is 0 Å². The molecule has 2 amide bonds. The Morgan fingerprint density at radius 1 is 1.21 bits per heavy atom. The van der Waals surface area contributed by atoms with Crippen LogP contribution in [0.25, 0.3) is 0 Å². The van der Waals surface area contributed by atoms with E-state index >= 15 is 0 Å². The molecule has 3 heterocycles. The van der Waals surface area contributed by atoms with Crippen molar-refractivity contribution in [2.24, 2.45) is 5.92 Å². The number of hydrogen-bond donors (Lipinski definition) is 1. The fourth-order valence-electron chi connectivity index (χ4n) is 4.75. The second-order valence-electron chi connectivity index (χ2n) is 8.49. The number of morpholine rings is 1. The zero-order valence-electron chi connectivity index (χ0n) is 17.3. The number of likely N-dealkylation sites (tertiary alicyclic amines) is 1. The Labute approximate surface area is 172 Å². The maximum absolute atomic E-state index is 12.8. The predicted octanol–water partition coefficient (Wildman–Crippen LogP) is 1.53. The normalized spacial score (nSPS) is 28.1. The minimum absolute atomic E-state index is 0.00421. The Morgan fingerprint density at radius 3 is 2.76 bits per heavy atom. The molecular weight excluding hydrogens is 370 g/mol. The Morgan fingerprint density at radius 2 is 2.00 bits per heavy atom. The summed E-state index contributed by atoms with van der Waals surface area (Å²) in [5.74, 6) is 0.803. The topological polar surface area (TPSA) is 71.1 Å². The van der Waals surface area contributed by atoms with E-state index in [0.29, 0.717) is 43.3 Å². The lowest BCUT2D eigenvalue weighted by Crippen LogP contribution is -2.46. The van der Waals surface area contributed by atoms with Gasteiger partial charge >= 0.3 is 0 Å². The lowest BCUT2D eigenvalue weighted by Gasteiger charge is -2.33. The number of hydrogen-bond acceptors (Lipinski definition) is 5. The first-order valence-corrected chi connectivity index (χ1v) is 10.6. The summed E-state index contributed by atoms with van der Waals surface area (Å²) in [6, 6.07) is 7.86. The molecule has 158 valence electrons. The van der Waals surface area contributed by atoms with Crippen LogP contribution in [0.1, 0.15) is 36.5 Å². The number of piperidine rings is 1. The molecular formula is C22H31N3O4. The van der Waals surface area contributed by atoms with E-state index in [2.05, 4.69) is 17.1 Å². The van der Waals surface area contributed by atoms with Crippen LogP contribution in [-0.2, 0) is 9.53 Å². The van der Waals surface area contributed by atoms with Gasteiger partial charge in [-0.3, -0.25) is 14.5 Å². The Bertz CT molecular complexity index is 747. The van der Waals surface area contributed by atoms with E-state index in [1.54, 1.807) is 13.2 Å². The summed E-state index contributed by atoms with van der Waals surface area (Å²) < 4.78 is 11.0. The summed E-state index contributed by atoms with van der Waals surface area (Å²) in [6.07, 6.45) is 2.65. The summed E-state index contributed by atoms with van der Waals surface area (Å²) in [7, 11) is 1.59. The average molecular weight is 402 g/mol. The molecule has 3 fully saturated rings. The van der Waals surface area contributed by atoms with Gasteiger partial charge in [0.2, 0.25) is 5.91 Å². The number of carbonyl (C=O) groups excluding carboxylic acids is 2. The van der Waals surface area contributed by atoms with Crippen molar-refractivity contribution in [1.82, 2.24) is 15.1 Å². The van der Waals surface area contributed by atoms with Crippen molar-refractivity contribution in [3.8, 4) is 5.75 Å². The number of ether oxygens (including phenoxy) is 2. The van der Waals surface area contributed by atoms with Gasteiger partial charge in [-0.15, -0.1) is 0 Å². The van der Waals surface area contributed by atoms with Gasteiger partial charge in [-0.1, -0.05) is 6.07 Å². The smallest absolute Gasteiger partial charge is 0.253 e. The van der Waals surface area contributed by atoms with Crippen LogP contribution in [0.2, 0.25) is 0 Å². The highest BCUT2D eigenvalue weighted by Gasteiger charge is 2.38. The van der Waals surface area contributed by atoms with Gasteiger partial charge in [0.15, 0.2) is 0 Å². The molecule has 3 saturated heterocycles. The first kappa shape index (κ1) is 20.2. The van der Waals surface area contributed by atoms with Crippen LogP contribution in [-0.4, -0.2) is 79.7 Å². The zero-order valence-corrected chi connectivity index (χ0v) is 17.3. The predicted molar refractivity (Wildman–Crippen MR) is 109 cm³/mol. The molecule has 1 aromatic rings. The summed E-state index contributed by atoms with van der Waals surface area (Å²) >= 11 is 0. The third-order valence-corrected chi connectivity index (χ3v) is 6.41. The molecule has 1 N–H and O–H groups in total. The van der Waals surface area contributed by atoms with Gasteiger partial charge in [-0.05, 0) is 44.4 Å². The van der Waals surface area contributed by atoms with Crippen molar-refractivity contribution in [3.63, 3.8) is 0 Å². The lowest BCUT2D eigenvalue weighted by atomic mass is 9.95. The average Bonchev–Trinajstić information content (AvgIpc) is 3.14. The number of nitrogens with one attached hydrogen (secondary N) is 1. The van der Waals surface area contributed by atoms with Gasteiger partial charge in [0.1, 0.15) is 5.75 Å². The van der Waals surface area contributed by atoms with Crippen molar-refractivity contribution in [3.05, 3.63) is 29.8 Å². The summed E-state index contributed by atoms with van der Waals surface area (Å²) in [6.45, 7) is 5.94. The van der Waals surface area contributed by atoms with E-state index in [0.717, 1.165) is 26.1 Å². The van der Waals surface area contributed by atoms with E-state index in [1.165, 1.54) is 0 Å². The van der Waals surface area contributed by atoms with Crippen LogP contribution in [0.15, 0.2) is 24.3 Å². The highest BCUT2D eigenvalue weighted by Crippen LogP contribution is 2.25. The molecule has 0 aromatic heterocycles. The van der Waals surface area contributed by atoms with Gasteiger partial charge in [0.25, 0.3) is 5.91 Å². The van der Waals surface area contributed by atoms with Crippen LogP contribution in [0.4, 0.5) is 0 Å². The number of amides is 2. The molecule has 0 bridgehead atoms. The lowest BCUT2D eigenvalue weighted by molar-refractivity contribution is -0.126. The molecule has 3 aliphatic heterocycles. The van der Waals surface area contributed by atoms with Crippen LogP contribution >= 0.6 is 0 Å². The van der Waals surface area contributed by atoms with Gasteiger partial charge in [-0.25, -0.2) is 0 Å². The fraction of sp³-hybridized carbons (Fsp3) is 0.636. The largest absolute Gasteiger partial charge is 0.497 e. The molecule has 7 heteroatoms. The summed E-state index contributed by atoms with van der Waals surface area (Å²) in [5.41, 5.74) is 0.631. The maximum atomic E-state index is 12.8. The van der Waals surface area contributed by atoms with E-state index in [4.69, 9.17) is 9.47 Å². The van der Waals surface area contributed by atoms with Gasteiger partial charge in [0, 0.05) is 49.7 Å². The highest BCUT2D eigenvalue weighted by molar-refractivity contribution is 5.94. The molecule has 0 radical (unpaired) electrons. The van der Waals surface area contributed by atoms with Crippen molar-refractivity contribution >= 4 is 11.8 Å². The number of fused-ring (bicyclic) bond motifs is 1. The number of rotatable bonds is 4. The number of benzene rings is 1. The molecule has 0 unspecified atom stereocenters. The van der Waals surface area contributed by atoms with Crippen molar-refractivity contribution < 1.29 is 19.1 Å². The van der Waals surface area contributed by atoms with Crippen molar-refractivity contribution in [2.45, 2.75) is 44.4 Å². The number of carbonyl (C=O) groups is 2. The second kappa shape index (κ2) is 8.71.